The van der Waals surface area contributed by atoms with Gasteiger partial charge in [0.2, 0.25) is 12.1 Å². The van der Waals surface area contributed by atoms with Crippen molar-refractivity contribution < 1.29 is 54.5 Å². The number of carbonyl (C=O) groups excluding carboxylic acids is 2. The molecule has 1 aliphatic rings. The van der Waals surface area contributed by atoms with Crippen molar-refractivity contribution in [3.8, 4) is 0 Å². The predicted octanol–water partition coefficient (Wildman–Crippen LogP) is 2.80. The highest BCUT2D eigenvalue weighted by molar-refractivity contribution is 5.87. The van der Waals surface area contributed by atoms with Gasteiger partial charge in [0, 0.05) is 12.3 Å². The van der Waals surface area contributed by atoms with Crippen LogP contribution < -0.4 is 0 Å². The highest BCUT2D eigenvalue weighted by Crippen LogP contribution is 2.54. The van der Waals surface area contributed by atoms with Crippen LogP contribution in [0.15, 0.2) is 12.4 Å². The summed E-state index contributed by atoms with van der Waals surface area (Å²) in [5, 5.41) is 0. The van der Waals surface area contributed by atoms with Crippen LogP contribution in [0.5, 0.6) is 0 Å². The van der Waals surface area contributed by atoms with Crippen LogP contribution in [0.4, 0.5) is 30.7 Å². The van der Waals surface area contributed by atoms with Crippen LogP contribution in [0.1, 0.15) is 13.3 Å². The third-order valence-corrected chi connectivity index (χ3v) is 3.10. The first-order chi connectivity index (χ1) is 10.7. The molecule has 5 nitrogen and oxygen atoms in total. The Morgan fingerprint density at radius 3 is 2.08 bits per heavy atom. The molecule has 0 spiro atoms. The van der Waals surface area contributed by atoms with Gasteiger partial charge in [-0.05, 0) is 0 Å². The van der Waals surface area contributed by atoms with Gasteiger partial charge in [-0.2, -0.15) is 30.7 Å². The molecule has 0 amide bonds. The summed E-state index contributed by atoms with van der Waals surface area (Å²) in [6.45, 7) is 2.27. The molecule has 0 aliphatic carbocycles. The van der Waals surface area contributed by atoms with Crippen molar-refractivity contribution in [1.29, 1.82) is 0 Å². The third-order valence-electron chi connectivity index (χ3n) is 3.10. The lowest BCUT2D eigenvalue weighted by molar-refractivity contribution is -0.385. The van der Waals surface area contributed by atoms with Gasteiger partial charge < -0.3 is 14.2 Å². The van der Waals surface area contributed by atoms with Gasteiger partial charge in [-0.3, -0.25) is 0 Å². The molecule has 0 radical (unpaired) electrons. The average molecular weight is 368 g/mol. The van der Waals surface area contributed by atoms with E-state index in [1.54, 1.807) is 0 Å². The largest absolute Gasteiger partial charge is 0.448 e. The number of ether oxygens (including phenoxy) is 3. The monoisotopic (exact) mass is 368 g/mol. The Balaban J connectivity index is 2.80. The SMILES string of the molecule is C=C(F)C(=O)OCC(=O)OC1OC(C(F)(F)F)(C(F)(F)F)CC1C. The summed E-state index contributed by atoms with van der Waals surface area (Å²) in [7, 11) is 0. The van der Waals surface area contributed by atoms with Crippen molar-refractivity contribution >= 4 is 11.9 Å². The van der Waals surface area contributed by atoms with Crippen molar-refractivity contribution in [2.24, 2.45) is 5.92 Å². The lowest BCUT2D eigenvalue weighted by Gasteiger charge is -2.32. The van der Waals surface area contributed by atoms with Crippen molar-refractivity contribution in [2.75, 3.05) is 6.61 Å². The Kier molecular flexibility index (Phi) is 5.53. The molecule has 0 aromatic heterocycles. The molecular weight excluding hydrogens is 357 g/mol. The third kappa shape index (κ3) is 3.97. The van der Waals surface area contributed by atoms with Crippen LogP contribution in [0.25, 0.3) is 0 Å². The van der Waals surface area contributed by atoms with E-state index >= 15 is 0 Å². The molecule has 12 heteroatoms. The van der Waals surface area contributed by atoms with Crippen LogP contribution >= 0.6 is 0 Å². The Labute approximate surface area is 130 Å². The number of hydrogen-bond acceptors (Lipinski definition) is 5. The highest BCUT2D eigenvalue weighted by atomic mass is 19.4. The second kappa shape index (κ2) is 6.57. The summed E-state index contributed by atoms with van der Waals surface area (Å²) in [4.78, 5) is 22.0. The van der Waals surface area contributed by atoms with Crippen LogP contribution in [-0.4, -0.2) is 42.8 Å². The zero-order valence-electron chi connectivity index (χ0n) is 12.0. The van der Waals surface area contributed by atoms with E-state index in [1.165, 1.54) is 0 Å². The predicted molar refractivity (Wildman–Crippen MR) is 60.8 cm³/mol. The molecule has 1 aliphatic heterocycles. The number of hydrogen-bond donors (Lipinski definition) is 0. The molecule has 0 N–H and O–H groups in total. The van der Waals surface area contributed by atoms with Gasteiger partial charge in [0.1, 0.15) is 0 Å². The summed E-state index contributed by atoms with van der Waals surface area (Å²) >= 11 is 0. The molecule has 1 fully saturated rings. The zero-order chi connectivity index (χ0) is 18.9. The fourth-order valence-electron chi connectivity index (χ4n) is 1.94. The van der Waals surface area contributed by atoms with Crippen molar-refractivity contribution in [2.45, 2.75) is 37.6 Å². The summed E-state index contributed by atoms with van der Waals surface area (Å²) in [6.07, 6.45) is -15.3. The Bertz CT molecular complexity index is 511. The fourth-order valence-corrected chi connectivity index (χ4v) is 1.94. The highest BCUT2D eigenvalue weighted by Gasteiger charge is 2.76. The number of rotatable bonds is 4. The van der Waals surface area contributed by atoms with Gasteiger partial charge in [-0.25, -0.2) is 9.59 Å². The Morgan fingerprint density at radius 1 is 1.21 bits per heavy atom. The van der Waals surface area contributed by atoms with E-state index in [1.807, 2.05) is 0 Å². The molecule has 0 aromatic carbocycles. The van der Waals surface area contributed by atoms with E-state index in [-0.39, 0.29) is 0 Å². The molecule has 24 heavy (non-hydrogen) atoms. The minimum absolute atomic E-state index is 0.951. The van der Waals surface area contributed by atoms with Crippen LogP contribution in [0, 0.1) is 5.92 Å². The lowest BCUT2D eigenvalue weighted by atomic mass is 9.93. The van der Waals surface area contributed by atoms with Crippen molar-refractivity contribution in [3.05, 3.63) is 12.4 Å². The molecule has 0 aromatic rings. The van der Waals surface area contributed by atoms with E-state index in [0.29, 0.717) is 0 Å². The molecule has 1 rings (SSSR count). The minimum atomic E-state index is -5.79. The van der Waals surface area contributed by atoms with Crippen molar-refractivity contribution in [3.63, 3.8) is 0 Å². The molecule has 0 bridgehead atoms. The first kappa shape index (κ1) is 20.2. The van der Waals surface area contributed by atoms with E-state index in [9.17, 15) is 40.3 Å². The fraction of sp³-hybridized carbons (Fsp3) is 0.667. The maximum Gasteiger partial charge on any atom is 0.426 e. The number of carbonyl (C=O) groups is 2. The standard InChI is InChI=1S/C12H11F7O5/c1-5-3-10(11(14,15)16,12(17,18)19)24-9(5)23-7(20)4-22-8(21)6(2)13/h5,9H,2-4H2,1H3. The molecule has 1 saturated heterocycles. The van der Waals surface area contributed by atoms with E-state index in [4.69, 9.17) is 0 Å². The minimum Gasteiger partial charge on any atom is -0.448 e. The zero-order valence-corrected chi connectivity index (χ0v) is 12.0. The van der Waals surface area contributed by atoms with Gasteiger partial charge in [0.25, 0.3) is 5.60 Å². The Morgan fingerprint density at radius 2 is 1.71 bits per heavy atom. The molecular formula is C12H11F7O5. The topological polar surface area (TPSA) is 61.8 Å². The summed E-state index contributed by atoms with van der Waals surface area (Å²) in [6, 6.07) is 0. The molecule has 138 valence electrons. The van der Waals surface area contributed by atoms with Crippen molar-refractivity contribution in [1.82, 2.24) is 0 Å². The van der Waals surface area contributed by atoms with E-state index in [0.717, 1.165) is 6.92 Å². The second-order valence-corrected chi connectivity index (χ2v) is 4.96. The van der Waals surface area contributed by atoms with Gasteiger partial charge in [0.05, 0.1) is 0 Å². The van der Waals surface area contributed by atoms with Gasteiger partial charge in [-0.1, -0.05) is 13.5 Å². The quantitative estimate of drug-likeness (QED) is 0.434. The van der Waals surface area contributed by atoms with Crippen LogP contribution in [-0.2, 0) is 23.8 Å². The normalized spacial score (nSPS) is 23.7. The second-order valence-electron chi connectivity index (χ2n) is 4.96. The molecule has 0 saturated carbocycles. The number of halogens is 7. The van der Waals surface area contributed by atoms with Crippen LogP contribution in [0.3, 0.4) is 0 Å². The van der Waals surface area contributed by atoms with Gasteiger partial charge in [0.15, 0.2) is 6.61 Å². The van der Waals surface area contributed by atoms with E-state index < -0.39 is 61.0 Å². The number of alkyl halides is 6. The van der Waals surface area contributed by atoms with E-state index in [2.05, 4.69) is 20.8 Å². The maximum atomic E-state index is 12.8. The van der Waals surface area contributed by atoms with Crippen LogP contribution in [0.2, 0.25) is 0 Å². The first-order valence-corrected chi connectivity index (χ1v) is 6.23. The number of esters is 2. The maximum absolute atomic E-state index is 12.8. The summed E-state index contributed by atoms with van der Waals surface area (Å²) < 4.78 is 102. The average Bonchev–Trinajstić information content (AvgIpc) is 2.73. The summed E-state index contributed by atoms with van der Waals surface area (Å²) in [5.41, 5.74) is -4.48. The Hall–Kier alpha value is -1.85. The molecule has 1 heterocycles. The molecule has 2 atom stereocenters. The smallest absolute Gasteiger partial charge is 0.426 e. The molecule has 2 unspecified atom stereocenters. The van der Waals surface area contributed by atoms with Gasteiger partial charge in [-0.15, -0.1) is 0 Å². The lowest BCUT2D eigenvalue weighted by Crippen LogP contribution is -2.57. The van der Waals surface area contributed by atoms with Gasteiger partial charge >= 0.3 is 24.3 Å². The summed E-state index contributed by atoms with van der Waals surface area (Å²) in [5.74, 6) is -6.15. The first-order valence-electron chi connectivity index (χ1n) is 6.23.